The van der Waals surface area contributed by atoms with E-state index in [2.05, 4.69) is 25.8 Å². The molecule has 1 aromatic heterocycles. The van der Waals surface area contributed by atoms with Gasteiger partial charge < -0.3 is 10.6 Å². The minimum Gasteiger partial charge on any atom is -0.319 e. The number of carbonyl (C=O) groups is 1. The number of carbonyl (C=O) groups excluding carboxylic acids is 1. The van der Waals surface area contributed by atoms with Crippen LogP contribution in [0.1, 0.15) is 47.7 Å². The predicted octanol–water partition coefficient (Wildman–Crippen LogP) is 2.04. The SMILES string of the molecule is CCNCc1ccccc1NC(=O)c1n[nH]c(C2CC2)n1. The summed E-state index contributed by atoms with van der Waals surface area (Å²) in [5.41, 5.74) is 1.84. The predicted molar refractivity (Wildman–Crippen MR) is 80.1 cm³/mol. The lowest BCUT2D eigenvalue weighted by Crippen LogP contribution is -2.18. The zero-order valence-electron chi connectivity index (χ0n) is 12.0. The Morgan fingerprint density at radius 2 is 2.19 bits per heavy atom. The van der Waals surface area contributed by atoms with Crippen molar-refractivity contribution in [2.45, 2.75) is 32.2 Å². The smallest absolute Gasteiger partial charge is 0.295 e. The molecule has 0 saturated heterocycles. The van der Waals surface area contributed by atoms with E-state index >= 15 is 0 Å². The lowest BCUT2D eigenvalue weighted by atomic mass is 10.1. The van der Waals surface area contributed by atoms with Gasteiger partial charge in [0.05, 0.1) is 0 Å². The van der Waals surface area contributed by atoms with Gasteiger partial charge in [-0.25, -0.2) is 4.98 Å². The molecule has 2 aromatic rings. The third kappa shape index (κ3) is 3.28. The van der Waals surface area contributed by atoms with Gasteiger partial charge in [0, 0.05) is 18.2 Å². The molecular formula is C15H19N5O. The molecule has 3 rings (SSSR count). The fraction of sp³-hybridized carbons (Fsp3) is 0.400. The summed E-state index contributed by atoms with van der Waals surface area (Å²) in [5, 5.41) is 13.0. The second-order valence-corrected chi connectivity index (χ2v) is 5.21. The first kappa shape index (κ1) is 13.8. The normalized spacial score (nSPS) is 14.1. The quantitative estimate of drug-likeness (QED) is 0.758. The third-order valence-electron chi connectivity index (χ3n) is 3.50. The number of hydrogen-bond acceptors (Lipinski definition) is 4. The molecule has 1 aliphatic carbocycles. The van der Waals surface area contributed by atoms with E-state index in [-0.39, 0.29) is 11.7 Å². The monoisotopic (exact) mass is 285 g/mol. The summed E-state index contributed by atoms with van der Waals surface area (Å²) >= 11 is 0. The molecule has 1 aliphatic rings. The molecule has 0 bridgehead atoms. The number of benzene rings is 1. The van der Waals surface area contributed by atoms with Crippen LogP contribution in [0.25, 0.3) is 0 Å². The van der Waals surface area contributed by atoms with Crippen molar-refractivity contribution in [1.82, 2.24) is 20.5 Å². The van der Waals surface area contributed by atoms with Gasteiger partial charge in [0.25, 0.3) is 5.91 Å². The van der Waals surface area contributed by atoms with E-state index in [4.69, 9.17) is 0 Å². The van der Waals surface area contributed by atoms with Crippen LogP contribution in [0.2, 0.25) is 0 Å². The molecule has 0 radical (unpaired) electrons. The van der Waals surface area contributed by atoms with Crippen LogP contribution in [0, 0.1) is 0 Å². The number of H-pyrrole nitrogens is 1. The summed E-state index contributed by atoms with van der Waals surface area (Å²) in [6, 6.07) is 7.74. The first-order valence-corrected chi connectivity index (χ1v) is 7.30. The number of nitrogens with one attached hydrogen (secondary N) is 3. The number of hydrogen-bond donors (Lipinski definition) is 3. The molecule has 1 saturated carbocycles. The van der Waals surface area contributed by atoms with Crippen LogP contribution in [-0.4, -0.2) is 27.6 Å². The van der Waals surface area contributed by atoms with Crippen molar-refractivity contribution in [2.24, 2.45) is 0 Å². The second kappa shape index (κ2) is 6.05. The Morgan fingerprint density at radius 1 is 1.38 bits per heavy atom. The van der Waals surface area contributed by atoms with Crippen LogP contribution in [0.3, 0.4) is 0 Å². The summed E-state index contributed by atoms with van der Waals surface area (Å²) in [7, 11) is 0. The van der Waals surface area contributed by atoms with Gasteiger partial charge in [0.1, 0.15) is 5.82 Å². The molecule has 1 amide bonds. The maximum atomic E-state index is 12.2. The highest BCUT2D eigenvalue weighted by molar-refractivity contribution is 6.01. The fourth-order valence-corrected chi connectivity index (χ4v) is 2.15. The lowest BCUT2D eigenvalue weighted by Gasteiger charge is -2.10. The Balaban J connectivity index is 1.71. The molecule has 1 heterocycles. The molecule has 3 N–H and O–H groups in total. The van der Waals surface area contributed by atoms with Gasteiger partial charge in [-0.1, -0.05) is 25.1 Å². The van der Waals surface area contributed by atoms with Gasteiger partial charge in [-0.2, -0.15) is 0 Å². The highest BCUT2D eigenvalue weighted by Gasteiger charge is 2.28. The van der Waals surface area contributed by atoms with Crippen LogP contribution < -0.4 is 10.6 Å². The number of anilines is 1. The summed E-state index contributed by atoms with van der Waals surface area (Å²) in [6.45, 7) is 3.65. The van der Waals surface area contributed by atoms with E-state index in [1.807, 2.05) is 31.2 Å². The number of aromatic nitrogens is 3. The first-order valence-electron chi connectivity index (χ1n) is 7.30. The Bertz CT molecular complexity index is 632. The number of rotatable bonds is 6. The summed E-state index contributed by atoms with van der Waals surface area (Å²) in [4.78, 5) is 16.5. The van der Waals surface area contributed by atoms with Crippen molar-refractivity contribution in [3.05, 3.63) is 41.5 Å². The molecule has 110 valence electrons. The number of amides is 1. The van der Waals surface area contributed by atoms with Gasteiger partial charge >= 0.3 is 0 Å². The Morgan fingerprint density at radius 3 is 2.95 bits per heavy atom. The molecular weight excluding hydrogens is 266 g/mol. The van der Waals surface area contributed by atoms with Gasteiger partial charge in [0.2, 0.25) is 5.82 Å². The van der Waals surface area contributed by atoms with Crippen molar-refractivity contribution >= 4 is 11.6 Å². The lowest BCUT2D eigenvalue weighted by molar-refractivity contribution is 0.101. The maximum Gasteiger partial charge on any atom is 0.295 e. The van der Waals surface area contributed by atoms with Crippen LogP contribution in [0.4, 0.5) is 5.69 Å². The van der Waals surface area contributed by atoms with Crippen molar-refractivity contribution in [2.75, 3.05) is 11.9 Å². The summed E-state index contributed by atoms with van der Waals surface area (Å²) in [5.74, 6) is 1.21. The Labute approximate surface area is 123 Å². The van der Waals surface area contributed by atoms with Crippen molar-refractivity contribution in [3.8, 4) is 0 Å². The highest BCUT2D eigenvalue weighted by atomic mass is 16.2. The van der Waals surface area contributed by atoms with Crippen molar-refractivity contribution in [3.63, 3.8) is 0 Å². The van der Waals surface area contributed by atoms with Gasteiger partial charge in [-0.15, -0.1) is 5.10 Å². The maximum absolute atomic E-state index is 12.2. The topological polar surface area (TPSA) is 82.7 Å². The van der Waals surface area contributed by atoms with Gasteiger partial charge in [0.15, 0.2) is 0 Å². The van der Waals surface area contributed by atoms with E-state index in [1.54, 1.807) is 0 Å². The van der Waals surface area contributed by atoms with Crippen LogP contribution in [0.5, 0.6) is 0 Å². The van der Waals surface area contributed by atoms with Gasteiger partial charge in [-0.3, -0.25) is 9.89 Å². The Hall–Kier alpha value is -2.21. The van der Waals surface area contributed by atoms with E-state index in [9.17, 15) is 4.79 Å². The molecule has 21 heavy (non-hydrogen) atoms. The second-order valence-electron chi connectivity index (χ2n) is 5.21. The molecule has 0 spiro atoms. The average Bonchev–Trinajstić information content (AvgIpc) is 3.23. The zero-order chi connectivity index (χ0) is 14.7. The number of para-hydroxylation sites is 1. The molecule has 0 atom stereocenters. The molecule has 6 nitrogen and oxygen atoms in total. The summed E-state index contributed by atoms with van der Waals surface area (Å²) < 4.78 is 0. The van der Waals surface area contributed by atoms with Crippen molar-refractivity contribution in [1.29, 1.82) is 0 Å². The van der Waals surface area contributed by atoms with E-state index in [0.717, 1.165) is 36.5 Å². The largest absolute Gasteiger partial charge is 0.319 e. The van der Waals surface area contributed by atoms with E-state index in [1.165, 1.54) is 0 Å². The fourth-order valence-electron chi connectivity index (χ4n) is 2.15. The minimum absolute atomic E-state index is 0.204. The average molecular weight is 285 g/mol. The minimum atomic E-state index is -0.276. The molecule has 6 heteroatoms. The van der Waals surface area contributed by atoms with E-state index < -0.39 is 0 Å². The molecule has 0 unspecified atom stereocenters. The highest BCUT2D eigenvalue weighted by Crippen LogP contribution is 2.37. The van der Waals surface area contributed by atoms with Gasteiger partial charge in [-0.05, 0) is 31.0 Å². The first-order chi connectivity index (χ1) is 10.3. The van der Waals surface area contributed by atoms with Crippen LogP contribution in [0.15, 0.2) is 24.3 Å². The number of nitrogens with zero attached hydrogens (tertiary/aromatic N) is 2. The third-order valence-corrected chi connectivity index (χ3v) is 3.50. The van der Waals surface area contributed by atoms with E-state index in [0.29, 0.717) is 12.5 Å². The molecule has 0 aliphatic heterocycles. The molecule has 1 fully saturated rings. The van der Waals surface area contributed by atoms with Crippen molar-refractivity contribution < 1.29 is 4.79 Å². The zero-order valence-corrected chi connectivity index (χ0v) is 12.0. The summed E-state index contributed by atoms with van der Waals surface area (Å²) in [6.07, 6.45) is 2.25. The van der Waals surface area contributed by atoms with Crippen LogP contribution in [-0.2, 0) is 6.54 Å². The number of aromatic amines is 1. The van der Waals surface area contributed by atoms with Crippen LogP contribution >= 0.6 is 0 Å². The standard InChI is InChI=1S/C15H19N5O/c1-2-16-9-11-5-3-4-6-12(11)17-15(21)14-18-13(19-20-14)10-7-8-10/h3-6,10,16H,2,7-9H2,1H3,(H,17,21)(H,18,19,20). The Kier molecular flexibility index (Phi) is 3.96. The molecule has 1 aromatic carbocycles.